The predicted molar refractivity (Wildman–Crippen MR) is 91.1 cm³/mol. The average Bonchev–Trinajstić information content (AvgIpc) is 2.55. The third-order valence-electron chi connectivity index (χ3n) is 3.08. The van der Waals surface area contributed by atoms with Crippen LogP contribution in [0.5, 0.6) is 0 Å². The fraction of sp³-hybridized carbons (Fsp3) is 0. The van der Waals surface area contributed by atoms with E-state index in [2.05, 4.69) is 20.8 Å². The molecule has 1 amide bonds. The Balaban J connectivity index is 1.68. The number of hydrogen-bond acceptors (Lipinski definition) is 4. The second kappa shape index (κ2) is 7.06. The Morgan fingerprint density at radius 2 is 1.75 bits per heavy atom. The Morgan fingerprint density at radius 3 is 2.46 bits per heavy atom. The number of hydrogen-bond donors (Lipinski definition) is 2. The summed E-state index contributed by atoms with van der Waals surface area (Å²) in [5, 5.41) is 13.9. The van der Waals surface area contributed by atoms with Gasteiger partial charge in [-0.25, -0.2) is 4.39 Å². The number of halogens is 2. The molecule has 0 aliphatic heterocycles. The largest absolute Gasteiger partial charge is 0.339 e. The maximum atomic E-state index is 13.1. The highest BCUT2D eigenvalue weighted by Gasteiger charge is 2.09. The van der Waals surface area contributed by atoms with Gasteiger partial charge in [-0.2, -0.15) is 0 Å². The molecule has 24 heavy (non-hydrogen) atoms. The van der Waals surface area contributed by atoms with Gasteiger partial charge >= 0.3 is 0 Å². The maximum absolute atomic E-state index is 13.1. The van der Waals surface area contributed by atoms with Crippen LogP contribution in [0.15, 0.2) is 60.7 Å². The molecule has 0 unspecified atom stereocenters. The summed E-state index contributed by atoms with van der Waals surface area (Å²) < 4.78 is 13.1. The first kappa shape index (κ1) is 15.9. The number of nitrogens with zero attached hydrogens (tertiary/aromatic N) is 2. The van der Waals surface area contributed by atoms with Gasteiger partial charge in [-0.15, -0.1) is 10.2 Å². The number of aromatic nitrogens is 2. The number of carbonyl (C=O) groups is 1. The Hall–Kier alpha value is -2.99. The summed E-state index contributed by atoms with van der Waals surface area (Å²) in [5.41, 5.74) is 1.26. The molecule has 7 heteroatoms. The van der Waals surface area contributed by atoms with Gasteiger partial charge in [0, 0.05) is 16.4 Å². The molecule has 120 valence electrons. The molecule has 2 aromatic carbocycles. The van der Waals surface area contributed by atoms with Crippen molar-refractivity contribution in [1.29, 1.82) is 0 Å². The number of nitrogens with one attached hydrogen (secondary N) is 2. The van der Waals surface area contributed by atoms with E-state index in [1.54, 1.807) is 42.5 Å². The van der Waals surface area contributed by atoms with E-state index in [1.165, 1.54) is 18.2 Å². The van der Waals surface area contributed by atoms with E-state index in [9.17, 15) is 9.18 Å². The fourth-order valence-corrected chi connectivity index (χ4v) is 2.19. The van der Waals surface area contributed by atoms with Crippen molar-refractivity contribution in [2.45, 2.75) is 0 Å². The van der Waals surface area contributed by atoms with E-state index < -0.39 is 5.91 Å². The van der Waals surface area contributed by atoms with Gasteiger partial charge in [-0.3, -0.25) is 4.79 Å². The minimum Gasteiger partial charge on any atom is -0.339 e. The van der Waals surface area contributed by atoms with Gasteiger partial charge < -0.3 is 10.6 Å². The molecule has 0 aliphatic rings. The number of carbonyl (C=O) groups excluding carboxylic acids is 1. The quantitative estimate of drug-likeness (QED) is 0.743. The molecule has 0 fully saturated rings. The van der Waals surface area contributed by atoms with Crippen LogP contribution in [-0.2, 0) is 0 Å². The molecule has 5 nitrogen and oxygen atoms in total. The van der Waals surface area contributed by atoms with Crippen molar-refractivity contribution in [3.63, 3.8) is 0 Å². The van der Waals surface area contributed by atoms with E-state index in [-0.39, 0.29) is 11.5 Å². The van der Waals surface area contributed by atoms with Gasteiger partial charge in [0.05, 0.1) is 0 Å². The van der Waals surface area contributed by atoms with E-state index in [1.807, 2.05) is 0 Å². The van der Waals surface area contributed by atoms with Crippen molar-refractivity contribution < 1.29 is 9.18 Å². The summed E-state index contributed by atoms with van der Waals surface area (Å²) in [7, 11) is 0. The summed E-state index contributed by atoms with van der Waals surface area (Å²) in [6.45, 7) is 0. The molecule has 0 saturated carbocycles. The minimum atomic E-state index is -0.401. The first-order chi connectivity index (χ1) is 11.6. The van der Waals surface area contributed by atoms with Crippen molar-refractivity contribution in [3.8, 4) is 0 Å². The van der Waals surface area contributed by atoms with Crippen LogP contribution in [0, 0.1) is 5.82 Å². The smallest absolute Gasteiger partial charge is 0.276 e. The molecule has 3 rings (SSSR count). The zero-order valence-electron chi connectivity index (χ0n) is 12.3. The minimum absolute atomic E-state index is 0.153. The number of rotatable bonds is 4. The Bertz CT molecular complexity index is 870. The van der Waals surface area contributed by atoms with Crippen molar-refractivity contribution >= 4 is 34.7 Å². The van der Waals surface area contributed by atoms with Crippen LogP contribution >= 0.6 is 11.6 Å². The highest BCUT2D eigenvalue weighted by atomic mass is 35.5. The Kier molecular flexibility index (Phi) is 4.67. The summed E-state index contributed by atoms with van der Waals surface area (Å²) in [4.78, 5) is 12.1. The molecule has 0 radical (unpaired) electrons. The normalized spacial score (nSPS) is 10.2. The topological polar surface area (TPSA) is 66.9 Å². The summed E-state index contributed by atoms with van der Waals surface area (Å²) >= 11 is 5.87. The second-order valence-electron chi connectivity index (χ2n) is 4.90. The van der Waals surface area contributed by atoms with Crippen molar-refractivity contribution in [2.75, 3.05) is 10.6 Å². The van der Waals surface area contributed by atoms with Gasteiger partial charge in [0.15, 0.2) is 11.5 Å². The Labute approximate surface area is 142 Å². The van der Waals surface area contributed by atoms with E-state index >= 15 is 0 Å². The molecule has 1 aromatic heterocycles. The zero-order valence-corrected chi connectivity index (χ0v) is 13.1. The summed E-state index contributed by atoms with van der Waals surface area (Å²) in [6, 6.07) is 15.9. The molecule has 2 N–H and O–H groups in total. The number of amides is 1. The SMILES string of the molecule is O=C(Nc1cccc(Cl)c1)c1ccc(Nc2cccc(F)c2)nn1. The number of benzene rings is 2. The highest BCUT2D eigenvalue weighted by molar-refractivity contribution is 6.30. The molecule has 3 aromatic rings. The standard InChI is InChI=1S/C17H12ClFN4O/c18-11-3-1-5-13(9-11)21-17(24)15-7-8-16(23-22-15)20-14-6-2-4-12(19)10-14/h1-10H,(H,20,23)(H,21,24). The van der Waals surface area contributed by atoms with Gasteiger partial charge in [0.1, 0.15) is 5.82 Å². The average molecular weight is 343 g/mol. The third kappa shape index (κ3) is 4.05. The van der Waals surface area contributed by atoms with Crippen LogP contribution in [0.1, 0.15) is 10.5 Å². The first-order valence-corrected chi connectivity index (χ1v) is 7.41. The first-order valence-electron chi connectivity index (χ1n) is 7.03. The lowest BCUT2D eigenvalue weighted by molar-refractivity contribution is 0.102. The van der Waals surface area contributed by atoms with E-state index in [4.69, 9.17) is 11.6 Å². The number of anilines is 3. The zero-order chi connectivity index (χ0) is 16.9. The van der Waals surface area contributed by atoms with E-state index in [0.29, 0.717) is 22.2 Å². The molecular weight excluding hydrogens is 331 g/mol. The van der Waals surface area contributed by atoms with Crippen molar-refractivity contribution in [3.05, 3.63) is 77.2 Å². The van der Waals surface area contributed by atoms with Gasteiger partial charge in [0.2, 0.25) is 0 Å². The fourth-order valence-electron chi connectivity index (χ4n) is 2.00. The monoisotopic (exact) mass is 342 g/mol. The maximum Gasteiger partial charge on any atom is 0.276 e. The Morgan fingerprint density at radius 1 is 0.958 bits per heavy atom. The lowest BCUT2D eigenvalue weighted by atomic mass is 10.3. The van der Waals surface area contributed by atoms with Crippen LogP contribution in [-0.4, -0.2) is 16.1 Å². The van der Waals surface area contributed by atoms with Crippen molar-refractivity contribution in [1.82, 2.24) is 10.2 Å². The van der Waals surface area contributed by atoms with Crippen LogP contribution in [0.4, 0.5) is 21.6 Å². The van der Waals surface area contributed by atoms with Crippen LogP contribution in [0.2, 0.25) is 5.02 Å². The predicted octanol–water partition coefficient (Wildman–Crippen LogP) is 4.27. The van der Waals surface area contributed by atoms with Crippen LogP contribution in [0.25, 0.3) is 0 Å². The summed E-state index contributed by atoms with van der Waals surface area (Å²) in [6.07, 6.45) is 0. The molecular formula is C17H12ClFN4O. The lowest BCUT2D eigenvalue weighted by Gasteiger charge is -2.07. The molecule has 0 spiro atoms. The molecule has 1 heterocycles. The van der Waals surface area contributed by atoms with Gasteiger partial charge in [-0.1, -0.05) is 23.7 Å². The molecule has 0 saturated heterocycles. The molecule has 0 bridgehead atoms. The molecule has 0 atom stereocenters. The second-order valence-corrected chi connectivity index (χ2v) is 5.34. The summed E-state index contributed by atoms with van der Waals surface area (Å²) in [5.74, 6) is -0.354. The lowest BCUT2D eigenvalue weighted by Crippen LogP contribution is -2.14. The third-order valence-corrected chi connectivity index (χ3v) is 3.31. The van der Waals surface area contributed by atoms with E-state index in [0.717, 1.165) is 0 Å². The van der Waals surface area contributed by atoms with Crippen LogP contribution < -0.4 is 10.6 Å². The highest BCUT2D eigenvalue weighted by Crippen LogP contribution is 2.17. The molecule has 0 aliphatic carbocycles. The van der Waals surface area contributed by atoms with Gasteiger partial charge in [-0.05, 0) is 48.5 Å². The van der Waals surface area contributed by atoms with Crippen LogP contribution in [0.3, 0.4) is 0 Å². The van der Waals surface area contributed by atoms with Gasteiger partial charge in [0.25, 0.3) is 5.91 Å². The van der Waals surface area contributed by atoms with Crippen molar-refractivity contribution in [2.24, 2.45) is 0 Å².